The van der Waals surface area contributed by atoms with Crippen LogP contribution in [-0.2, 0) is 0 Å². The highest BCUT2D eigenvalue weighted by atomic mass is 19.2. The Hall–Kier alpha value is -2.50. The van der Waals surface area contributed by atoms with Crippen molar-refractivity contribution in [3.05, 3.63) is 76.1 Å². The van der Waals surface area contributed by atoms with Crippen molar-refractivity contribution in [1.29, 1.82) is 0 Å². The van der Waals surface area contributed by atoms with Gasteiger partial charge in [0.05, 0.1) is 5.56 Å². The molecule has 0 radical (unpaired) electrons. The van der Waals surface area contributed by atoms with Gasteiger partial charge in [-0.1, -0.05) is 29.8 Å². The lowest BCUT2D eigenvalue weighted by Gasteiger charge is -2.04. The fourth-order valence-corrected chi connectivity index (χ4v) is 1.74. The predicted molar refractivity (Wildman–Crippen MR) is 70.8 cm³/mol. The van der Waals surface area contributed by atoms with Gasteiger partial charge in [0.1, 0.15) is 0 Å². The molecule has 114 valence electrons. The quantitative estimate of drug-likeness (QED) is 0.266. The number of carbonyl (C=O) groups is 1. The van der Waals surface area contributed by atoms with Gasteiger partial charge in [-0.15, -0.1) is 0 Å². The molecule has 2 rings (SSSR count). The predicted octanol–water partition coefficient (Wildman–Crippen LogP) is 4.59. The van der Waals surface area contributed by atoms with Crippen LogP contribution >= 0.6 is 0 Å². The summed E-state index contributed by atoms with van der Waals surface area (Å²) in [5, 5.41) is 0. The number of hydrogen-bond donors (Lipinski definition) is 0. The molecule has 0 aliphatic rings. The summed E-state index contributed by atoms with van der Waals surface area (Å²) in [6, 6.07) is 6.28. The van der Waals surface area contributed by atoms with Crippen LogP contribution in [0.4, 0.5) is 22.0 Å². The molecule has 0 aromatic heterocycles. The van der Waals surface area contributed by atoms with Gasteiger partial charge in [-0.05, 0) is 19.1 Å². The Morgan fingerprint density at radius 1 is 0.818 bits per heavy atom. The number of halogens is 5. The molecule has 0 heterocycles. The highest BCUT2D eigenvalue weighted by molar-refractivity contribution is 6.06. The molecule has 0 fully saturated rings. The molecule has 0 amide bonds. The maximum Gasteiger partial charge on any atom is 0.200 e. The Bertz CT molecular complexity index is 734. The van der Waals surface area contributed by atoms with Crippen LogP contribution in [-0.4, -0.2) is 5.78 Å². The number of aryl methyl sites for hydroxylation is 1. The highest BCUT2D eigenvalue weighted by Gasteiger charge is 2.24. The Morgan fingerprint density at radius 3 is 1.77 bits per heavy atom. The maximum absolute atomic E-state index is 13.4. The highest BCUT2D eigenvalue weighted by Crippen LogP contribution is 2.24. The van der Waals surface area contributed by atoms with Gasteiger partial charge in [-0.3, -0.25) is 4.79 Å². The van der Waals surface area contributed by atoms with E-state index in [1.165, 1.54) is 12.1 Å². The van der Waals surface area contributed by atoms with Crippen molar-refractivity contribution < 1.29 is 26.7 Å². The fourth-order valence-electron chi connectivity index (χ4n) is 1.74. The number of carbonyl (C=O) groups excluding carboxylic acids is 1. The van der Waals surface area contributed by atoms with Gasteiger partial charge in [-0.25, -0.2) is 22.0 Å². The van der Waals surface area contributed by atoms with Gasteiger partial charge in [0.25, 0.3) is 0 Å². The van der Waals surface area contributed by atoms with E-state index in [9.17, 15) is 26.7 Å². The maximum atomic E-state index is 13.4. The van der Waals surface area contributed by atoms with Crippen molar-refractivity contribution in [3.8, 4) is 0 Å². The zero-order valence-corrected chi connectivity index (χ0v) is 11.3. The van der Waals surface area contributed by atoms with Crippen molar-refractivity contribution >= 4 is 11.9 Å². The van der Waals surface area contributed by atoms with Crippen molar-refractivity contribution in [2.45, 2.75) is 6.92 Å². The molecule has 0 aliphatic carbocycles. The SMILES string of the molecule is Cc1ccc(C(=O)C=Cc2c(F)c(F)c(F)c(F)c2F)cc1. The molecule has 1 nitrogen and oxygen atoms in total. The number of allylic oxidation sites excluding steroid dienone is 1. The smallest absolute Gasteiger partial charge is 0.200 e. The first-order chi connectivity index (χ1) is 10.3. The van der Waals surface area contributed by atoms with Crippen molar-refractivity contribution in [3.63, 3.8) is 0 Å². The molecule has 0 unspecified atom stereocenters. The number of hydrogen-bond acceptors (Lipinski definition) is 1. The van der Waals surface area contributed by atoms with E-state index >= 15 is 0 Å². The van der Waals surface area contributed by atoms with Gasteiger partial charge in [0, 0.05) is 5.56 Å². The monoisotopic (exact) mass is 312 g/mol. The lowest BCUT2D eigenvalue weighted by molar-refractivity contribution is 0.104. The average molecular weight is 312 g/mol. The third-order valence-corrected chi connectivity index (χ3v) is 2.98. The van der Waals surface area contributed by atoms with E-state index in [0.29, 0.717) is 6.08 Å². The Labute approximate surface area is 122 Å². The summed E-state index contributed by atoms with van der Waals surface area (Å²) in [7, 11) is 0. The number of ketones is 1. The van der Waals surface area contributed by atoms with Gasteiger partial charge in [0.2, 0.25) is 5.82 Å². The molecule has 2 aromatic carbocycles. The van der Waals surface area contributed by atoms with Crippen LogP contribution in [0.1, 0.15) is 21.5 Å². The first-order valence-corrected chi connectivity index (χ1v) is 6.13. The second-order valence-corrected chi connectivity index (χ2v) is 4.55. The largest absolute Gasteiger partial charge is 0.289 e. The topological polar surface area (TPSA) is 17.1 Å². The lowest BCUT2D eigenvalue weighted by Crippen LogP contribution is -2.04. The van der Waals surface area contributed by atoms with Crippen LogP contribution in [0.2, 0.25) is 0 Å². The summed E-state index contributed by atoms with van der Waals surface area (Å²) in [6.07, 6.45) is 1.32. The molecule has 0 bridgehead atoms. The molecule has 0 atom stereocenters. The zero-order chi connectivity index (χ0) is 16.4. The molecular weight excluding hydrogens is 303 g/mol. The number of benzene rings is 2. The molecule has 0 spiro atoms. The summed E-state index contributed by atoms with van der Waals surface area (Å²) < 4.78 is 65.8. The first-order valence-electron chi connectivity index (χ1n) is 6.13. The van der Waals surface area contributed by atoms with Crippen LogP contribution in [0.15, 0.2) is 30.3 Å². The summed E-state index contributed by atoms with van der Waals surface area (Å²) >= 11 is 0. The van der Waals surface area contributed by atoms with Crippen molar-refractivity contribution in [2.24, 2.45) is 0 Å². The summed E-state index contributed by atoms with van der Waals surface area (Å²) in [4.78, 5) is 11.8. The molecule has 0 saturated carbocycles. The third kappa shape index (κ3) is 2.90. The Kier molecular flexibility index (Phi) is 4.40. The normalized spacial score (nSPS) is 11.2. The van der Waals surface area contributed by atoms with Gasteiger partial charge >= 0.3 is 0 Å². The van der Waals surface area contributed by atoms with Gasteiger partial charge in [-0.2, -0.15) is 0 Å². The summed E-state index contributed by atoms with van der Waals surface area (Å²) in [6.45, 7) is 1.80. The van der Waals surface area contributed by atoms with E-state index in [4.69, 9.17) is 0 Å². The van der Waals surface area contributed by atoms with Crippen molar-refractivity contribution in [2.75, 3.05) is 0 Å². The van der Waals surface area contributed by atoms with Crippen LogP contribution in [0, 0.1) is 36.0 Å². The van der Waals surface area contributed by atoms with Crippen LogP contribution in [0.25, 0.3) is 6.08 Å². The Balaban J connectivity index is 2.38. The minimum Gasteiger partial charge on any atom is -0.289 e. The first kappa shape index (κ1) is 15.9. The molecule has 0 saturated heterocycles. The second-order valence-electron chi connectivity index (χ2n) is 4.55. The van der Waals surface area contributed by atoms with E-state index < -0.39 is 40.4 Å². The second kappa shape index (κ2) is 6.09. The van der Waals surface area contributed by atoms with E-state index in [-0.39, 0.29) is 5.56 Å². The molecule has 0 N–H and O–H groups in total. The van der Waals surface area contributed by atoms with E-state index in [2.05, 4.69) is 0 Å². The zero-order valence-electron chi connectivity index (χ0n) is 11.3. The summed E-state index contributed by atoms with van der Waals surface area (Å²) in [5.74, 6) is -10.9. The van der Waals surface area contributed by atoms with Crippen LogP contribution in [0.5, 0.6) is 0 Å². The molecule has 2 aromatic rings. The lowest BCUT2D eigenvalue weighted by atomic mass is 10.1. The molecule has 22 heavy (non-hydrogen) atoms. The molecule has 0 aliphatic heterocycles. The number of rotatable bonds is 3. The molecule has 6 heteroatoms. The van der Waals surface area contributed by atoms with Gasteiger partial charge in [0.15, 0.2) is 29.1 Å². The van der Waals surface area contributed by atoms with E-state index in [0.717, 1.165) is 11.6 Å². The summed E-state index contributed by atoms with van der Waals surface area (Å²) in [5.41, 5.74) is -0.0251. The standard InChI is InChI=1S/C16H9F5O/c1-8-2-4-9(5-3-8)11(22)7-6-10-12(17)14(19)16(21)15(20)13(10)18/h2-7H,1H3. The van der Waals surface area contributed by atoms with Crippen molar-refractivity contribution in [1.82, 2.24) is 0 Å². The Morgan fingerprint density at radius 2 is 1.27 bits per heavy atom. The average Bonchev–Trinajstić information content (AvgIpc) is 2.51. The van der Waals surface area contributed by atoms with Gasteiger partial charge < -0.3 is 0 Å². The van der Waals surface area contributed by atoms with Crippen LogP contribution < -0.4 is 0 Å². The minimum absolute atomic E-state index is 0.228. The third-order valence-electron chi connectivity index (χ3n) is 2.98. The molecular formula is C16H9F5O. The van der Waals surface area contributed by atoms with Crippen LogP contribution in [0.3, 0.4) is 0 Å². The minimum atomic E-state index is -2.24. The van der Waals surface area contributed by atoms with E-state index in [1.54, 1.807) is 19.1 Å². The van der Waals surface area contributed by atoms with E-state index in [1.807, 2.05) is 0 Å². The fraction of sp³-hybridized carbons (Fsp3) is 0.0625.